The van der Waals surface area contributed by atoms with Gasteiger partial charge in [-0.2, -0.15) is 0 Å². The summed E-state index contributed by atoms with van der Waals surface area (Å²) < 4.78 is 15.7. The van der Waals surface area contributed by atoms with Crippen LogP contribution in [0.1, 0.15) is 12.5 Å². The zero-order chi connectivity index (χ0) is 12.2. The summed E-state index contributed by atoms with van der Waals surface area (Å²) in [5.41, 5.74) is 1.13. The maximum Gasteiger partial charge on any atom is 0.111 e. The molecule has 94 valence electrons. The summed E-state index contributed by atoms with van der Waals surface area (Å²) in [7, 11) is 0. The molecule has 0 saturated carbocycles. The standard InChI is InChI=1S/C14H20O3/c1-2-15-10-11-17-13-12-16-9-8-14-6-4-3-5-7-14/h3-9H,2,10-13H2,1H3. The van der Waals surface area contributed by atoms with Crippen molar-refractivity contribution in [3.05, 3.63) is 42.2 Å². The van der Waals surface area contributed by atoms with Crippen molar-refractivity contribution in [3.8, 4) is 0 Å². The van der Waals surface area contributed by atoms with E-state index in [1.54, 1.807) is 6.26 Å². The van der Waals surface area contributed by atoms with Crippen LogP contribution >= 0.6 is 0 Å². The van der Waals surface area contributed by atoms with Gasteiger partial charge in [0.25, 0.3) is 0 Å². The first-order valence-corrected chi connectivity index (χ1v) is 5.92. The minimum Gasteiger partial charge on any atom is -0.499 e. The Morgan fingerprint density at radius 3 is 2.41 bits per heavy atom. The number of ether oxygens (including phenoxy) is 3. The minimum absolute atomic E-state index is 0.565. The Morgan fingerprint density at radius 1 is 0.941 bits per heavy atom. The third kappa shape index (κ3) is 7.55. The normalized spacial score (nSPS) is 10.9. The molecule has 0 N–H and O–H groups in total. The molecule has 0 unspecified atom stereocenters. The van der Waals surface area contributed by atoms with Crippen molar-refractivity contribution in [1.82, 2.24) is 0 Å². The quantitative estimate of drug-likeness (QED) is 0.487. The van der Waals surface area contributed by atoms with Crippen molar-refractivity contribution in [2.45, 2.75) is 6.92 Å². The molecular formula is C14H20O3. The molecule has 1 aromatic rings. The van der Waals surface area contributed by atoms with Crippen LogP contribution < -0.4 is 0 Å². The van der Waals surface area contributed by atoms with E-state index in [0.717, 1.165) is 12.2 Å². The van der Waals surface area contributed by atoms with Gasteiger partial charge in [0.15, 0.2) is 0 Å². The van der Waals surface area contributed by atoms with Crippen molar-refractivity contribution < 1.29 is 14.2 Å². The van der Waals surface area contributed by atoms with Gasteiger partial charge < -0.3 is 14.2 Å². The Kier molecular flexibility index (Phi) is 7.98. The highest BCUT2D eigenvalue weighted by Crippen LogP contribution is 2.00. The zero-order valence-electron chi connectivity index (χ0n) is 10.3. The monoisotopic (exact) mass is 236 g/mol. The highest BCUT2D eigenvalue weighted by molar-refractivity contribution is 5.47. The van der Waals surface area contributed by atoms with Crippen LogP contribution in [0.3, 0.4) is 0 Å². The second-order valence-corrected chi connectivity index (χ2v) is 3.39. The highest BCUT2D eigenvalue weighted by atomic mass is 16.5. The number of rotatable bonds is 9. The van der Waals surface area contributed by atoms with E-state index in [1.807, 2.05) is 43.3 Å². The fourth-order valence-electron chi connectivity index (χ4n) is 1.23. The molecule has 1 rings (SSSR count). The van der Waals surface area contributed by atoms with E-state index in [0.29, 0.717) is 26.4 Å². The molecular weight excluding hydrogens is 216 g/mol. The lowest BCUT2D eigenvalue weighted by atomic mass is 10.2. The minimum atomic E-state index is 0.565. The van der Waals surface area contributed by atoms with Gasteiger partial charge in [0, 0.05) is 6.61 Å². The molecule has 0 bridgehead atoms. The van der Waals surface area contributed by atoms with E-state index >= 15 is 0 Å². The van der Waals surface area contributed by atoms with Crippen LogP contribution in [0.2, 0.25) is 0 Å². The van der Waals surface area contributed by atoms with Gasteiger partial charge in [0.2, 0.25) is 0 Å². The van der Waals surface area contributed by atoms with Gasteiger partial charge in [-0.25, -0.2) is 0 Å². The van der Waals surface area contributed by atoms with E-state index < -0.39 is 0 Å². The summed E-state index contributed by atoms with van der Waals surface area (Å²) in [6.45, 7) is 5.13. The summed E-state index contributed by atoms with van der Waals surface area (Å²) >= 11 is 0. The fraction of sp³-hybridized carbons (Fsp3) is 0.429. The first-order chi connectivity index (χ1) is 8.43. The highest BCUT2D eigenvalue weighted by Gasteiger charge is 1.88. The SMILES string of the molecule is CCOCCOCCOC=Cc1ccccc1. The Balaban J connectivity index is 1.95. The molecule has 17 heavy (non-hydrogen) atoms. The van der Waals surface area contributed by atoms with E-state index in [2.05, 4.69) is 0 Å². The molecule has 0 aliphatic carbocycles. The molecule has 0 fully saturated rings. The van der Waals surface area contributed by atoms with Gasteiger partial charge in [0.05, 0.1) is 26.1 Å². The summed E-state index contributed by atoms with van der Waals surface area (Å²) in [6.07, 6.45) is 3.63. The molecule has 0 spiro atoms. The van der Waals surface area contributed by atoms with E-state index in [4.69, 9.17) is 14.2 Å². The summed E-state index contributed by atoms with van der Waals surface area (Å²) in [5, 5.41) is 0. The Hall–Kier alpha value is -1.32. The van der Waals surface area contributed by atoms with Crippen LogP contribution in [0.25, 0.3) is 6.08 Å². The third-order valence-electron chi connectivity index (χ3n) is 2.08. The predicted molar refractivity (Wildman–Crippen MR) is 68.7 cm³/mol. The molecule has 0 aromatic heterocycles. The van der Waals surface area contributed by atoms with Gasteiger partial charge in [-0.3, -0.25) is 0 Å². The van der Waals surface area contributed by atoms with Crippen LogP contribution in [0.4, 0.5) is 0 Å². The van der Waals surface area contributed by atoms with Crippen LogP contribution in [0, 0.1) is 0 Å². The molecule has 0 amide bonds. The van der Waals surface area contributed by atoms with Crippen LogP contribution in [-0.4, -0.2) is 33.0 Å². The van der Waals surface area contributed by atoms with Crippen molar-refractivity contribution >= 4 is 6.08 Å². The Morgan fingerprint density at radius 2 is 1.65 bits per heavy atom. The van der Waals surface area contributed by atoms with E-state index in [9.17, 15) is 0 Å². The molecule has 0 heterocycles. The fourth-order valence-corrected chi connectivity index (χ4v) is 1.23. The summed E-state index contributed by atoms with van der Waals surface area (Å²) in [5.74, 6) is 0. The average Bonchev–Trinajstić information content (AvgIpc) is 2.38. The maximum atomic E-state index is 5.30. The molecule has 0 atom stereocenters. The molecule has 0 radical (unpaired) electrons. The molecule has 3 heteroatoms. The van der Waals surface area contributed by atoms with Crippen molar-refractivity contribution in [1.29, 1.82) is 0 Å². The molecule has 1 aromatic carbocycles. The summed E-state index contributed by atoms with van der Waals surface area (Å²) in [4.78, 5) is 0. The number of hydrogen-bond acceptors (Lipinski definition) is 3. The lowest BCUT2D eigenvalue weighted by molar-refractivity contribution is 0.0344. The average molecular weight is 236 g/mol. The van der Waals surface area contributed by atoms with Crippen LogP contribution in [-0.2, 0) is 14.2 Å². The second-order valence-electron chi connectivity index (χ2n) is 3.39. The molecule has 0 aliphatic heterocycles. The van der Waals surface area contributed by atoms with Crippen molar-refractivity contribution in [2.75, 3.05) is 33.0 Å². The maximum absolute atomic E-state index is 5.30. The lowest BCUT2D eigenvalue weighted by Gasteiger charge is -2.03. The summed E-state index contributed by atoms with van der Waals surface area (Å²) in [6, 6.07) is 10.0. The van der Waals surface area contributed by atoms with Gasteiger partial charge >= 0.3 is 0 Å². The third-order valence-corrected chi connectivity index (χ3v) is 2.08. The van der Waals surface area contributed by atoms with E-state index in [1.165, 1.54) is 0 Å². The smallest absolute Gasteiger partial charge is 0.111 e. The Labute approximate surface area is 103 Å². The van der Waals surface area contributed by atoms with Crippen LogP contribution in [0.5, 0.6) is 0 Å². The van der Waals surface area contributed by atoms with Crippen molar-refractivity contribution in [2.24, 2.45) is 0 Å². The van der Waals surface area contributed by atoms with Crippen LogP contribution in [0.15, 0.2) is 36.6 Å². The largest absolute Gasteiger partial charge is 0.499 e. The zero-order valence-corrected chi connectivity index (χ0v) is 10.3. The predicted octanol–water partition coefficient (Wildman–Crippen LogP) is 2.73. The first-order valence-electron chi connectivity index (χ1n) is 5.92. The molecule has 0 saturated heterocycles. The Bertz CT molecular complexity index is 296. The first kappa shape index (κ1) is 13.7. The lowest BCUT2D eigenvalue weighted by Crippen LogP contribution is -2.07. The van der Waals surface area contributed by atoms with Gasteiger partial charge in [-0.15, -0.1) is 0 Å². The van der Waals surface area contributed by atoms with Gasteiger partial charge in [-0.1, -0.05) is 30.3 Å². The topological polar surface area (TPSA) is 27.7 Å². The number of benzene rings is 1. The number of hydrogen-bond donors (Lipinski definition) is 0. The molecule has 0 aliphatic rings. The molecule has 3 nitrogen and oxygen atoms in total. The van der Waals surface area contributed by atoms with E-state index in [-0.39, 0.29) is 0 Å². The van der Waals surface area contributed by atoms with Gasteiger partial charge in [0.1, 0.15) is 6.61 Å². The van der Waals surface area contributed by atoms with Gasteiger partial charge in [-0.05, 0) is 18.6 Å². The second kappa shape index (κ2) is 9.87. The van der Waals surface area contributed by atoms with Crippen molar-refractivity contribution in [3.63, 3.8) is 0 Å².